The van der Waals surface area contributed by atoms with Gasteiger partial charge in [0.25, 0.3) is 0 Å². The summed E-state index contributed by atoms with van der Waals surface area (Å²) in [4.78, 5) is 2.46. The molecule has 0 saturated carbocycles. The maximum Gasteiger partial charge on any atom is 0.119 e. The van der Waals surface area contributed by atoms with Gasteiger partial charge in [0.05, 0.1) is 12.7 Å². The van der Waals surface area contributed by atoms with E-state index in [0.717, 1.165) is 56.6 Å². The largest absolute Gasteiger partial charge is 0.494 e. The third kappa shape index (κ3) is 8.24. The molecule has 1 aliphatic carbocycles. The minimum absolute atomic E-state index is 0. The van der Waals surface area contributed by atoms with Gasteiger partial charge in [-0.25, -0.2) is 0 Å². The van der Waals surface area contributed by atoms with E-state index in [0.29, 0.717) is 17.6 Å². The quantitative estimate of drug-likeness (QED) is 0.204. The van der Waals surface area contributed by atoms with Gasteiger partial charge in [-0.2, -0.15) is 0 Å². The molecule has 0 aliphatic heterocycles. The third-order valence-corrected chi connectivity index (χ3v) is 7.25. The first-order valence-corrected chi connectivity index (χ1v) is 13.5. The summed E-state index contributed by atoms with van der Waals surface area (Å²) in [6.45, 7) is 4.38. The van der Waals surface area contributed by atoms with Gasteiger partial charge < -0.3 is 9.84 Å². The summed E-state index contributed by atoms with van der Waals surface area (Å²) in [6.07, 6.45) is 7.23. The fourth-order valence-electron chi connectivity index (χ4n) is 5.07. The first kappa shape index (κ1) is 28.5. The van der Waals surface area contributed by atoms with Gasteiger partial charge in [-0.05, 0) is 78.6 Å². The predicted octanol–water partition coefficient (Wildman–Crippen LogP) is 7.81. The third-order valence-electron chi connectivity index (χ3n) is 7.02. The van der Waals surface area contributed by atoms with Crippen molar-refractivity contribution in [3.05, 3.63) is 100 Å². The Balaban J connectivity index is 0.00000361. The van der Waals surface area contributed by atoms with E-state index in [9.17, 15) is 5.11 Å². The van der Waals surface area contributed by atoms with Gasteiger partial charge in [0, 0.05) is 24.2 Å². The molecule has 4 rings (SSSR count). The predicted molar refractivity (Wildman–Crippen MR) is 152 cm³/mol. The number of hydrogen-bond donors (Lipinski definition) is 1. The van der Waals surface area contributed by atoms with Crippen LogP contribution in [0.15, 0.2) is 72.8 Å². The molecule has 0 bridgehead atoms. The molecular formula is C31H39Cl2NO2. The summed E-state index contributed by atoms with van der Waals surface area (Å²) in [5.74, 6) is 0.981. The molecule has 0 spiro atoms. The van der Waals surface area contributed by atoms with Crippen molar-refractivity contribution in [1.29, 1.82) is 0 Å². The van der Waals surface area contributed by atoms with Crippen LogP contribution in [0.1, 0.15) is 67.4 Å². The van der Waals surface area contributed by atoms with Crippen LogP contribution in [-0.2, 0) is 19.4 Å². The molecule has 5 heteroatoms. The van der Waals surface area contributed by atoms with Crippen LogP contribution in [0.5, 0.6) is 5.75 Å². The van der Waals surface area contributed by atoms with E-state index in [1.165, 1.54) is 29.5 Å². The Kier molecular flexibility index (Phi) is 11.6. The molecule has 194 valence electrons. The second-order valence-corrected chi connectivity index (χ2v) is 10.2. The second-order valence-electron chi connectivity index (χ2n) is 9.72. The van der Waals surface area contributed by atoms with E-state index >= 15 is 0 Å². The van der Waals surface area contributed by atoms with Gasteiger partial charge in [-0.3, -0.25) is 4.90 Å². The number of aryl methyl sites for hydroxylation is 1. The zero-order valence-electron chi connectivity index (χ0n) is 21.2. The fourth-order valence-corrected chi connectivity index (χ4v) is 5.26. The van der Waals surface area contributed by atoms with Crippen molar-refractivity contribution in [2.75, 3.05) is 13.2 Å². The van der Waals surface area contributed by atoms with Crippen molar-refractivity contribution in [3.63, 3.8) is 0 Å². The van der Waals surface area contributed by atoms with E-state index in [-0.39, 0.29) is 12.4 Å². The molecule has 1 aliphatic rings. The lowest BCUT2D eigenvalue weighted by Crippen LogP contribution is -2.39. The lowest BCUT2D eigenvalue weighted by Gasteiger charge is -2.33. The van der Waals surface area contributed by atoms with E-state index in [4.69, 9.17) is 16.3 Å². The summed E-state index contributed by atoms with van der Waals surface area (Å²) in [7, 11) is 0. The number of benzene rings is 3. The monoisotopic (exact) mass is 527 g/mol. The zero-order valence-corrected chi connectivity index (χ0v) is 22.8. The Labute approximate surface area is 227 Å². The summed E-state index contributed by atoms with van der Waals surface area (Å²) in [6, 6.07) is 25.2. The highest BCUT2D eigenvalue weighted by Gasteiger charge is 2.26. The summed E-state index contributed by atoms with van der Waals surface area (Å²) in [5.41, 5.74) is 4.95. The van der Waals surface area contributed by atoms with E-state index in [1.807, 2.05) is 24.3 Å². The van der Waals surface area contributed by atoms with Gasteiger partial charge in [0.15, 0.2) is 0 Å². The molecule has 2 atom stereocenters. The number of aliphatic hydroxyl groups excluding tert-OH is 1. The van der Waals surface area contributed by atoms with Crippen LogP contribution in [0.25, 0.3) is 0 Å². The van der Waals surface area contributed by atoms with Crippen LogP contribution in [-0.4, -0.2) is 29.2 Å². The first-order valence-electron chi connectivity index (χ1n) is 13.1. The van der Waals surface area contributed by atoms with Crippen molar-refractivity contribution in [2.24, 2.45) is 0 Å². The van der Waals surface area contributed by atoms with Crippen molar-refractivity contribution in [3.8, 4) is 5.75 Å². The van der Waals surface area contributed by atoms with Crippen LogP contribution in [0.4, 0.5) is 0 Å². The van der Waals surface area contributed by atoms with Gasteiger partial charge >= 0.3 is 0 Å². The highest BCUT2D eigenvalue weighted by atomic mass is 35.5. The Morgan fingerprint density at radius 3 is 2.61 bits per heavy atom. The average molecular weight is 529 g/mol. The minimum Gasteiger partial charge on any atom is -0.494 e. The number of fused-ring (bicyclic) bond motifs is 1. The summed E-state index contributed by atoms with van der Waals surface area (Å²) >= 11 is 6.21. The van der Waals surface area contributed by atoms with E-state index in [1.54, 1.807) is 0 Å². The topological polar surface area (TPSA) is 32.7 Å². The molecule has 1 N–H and O–H groups in total. The molecule has 0 unspecified atom stereocenters. The SMILES string of the molecule is CCCCCOc1ccc2c(c1)C[C@@H](N(Cc1ccccc1)C[C@H](O)c1cccc(Cl)c1)CCC2.Cl. The molecule has 0 aromatic heterocycles. The van der Waals surface area contributed by atoms with E-state index in [2.05, 4.69) is 60.4 Å². The molecule has 0 saturated heterocycles. The number of unbranched alkanes of at least 4 members (excludes halogenated alkanes) is 2. The molecule has 36 heavy (non-hydrogen) atoms. The van der Waals surface area contributed by atoms with Crippen LogP contribution in [0, 0.1) is 0 Å². The normalized spacial score (nSPS) is 16.1. The molecule has 3 aromatic rings. The second kappa shape index (κ2) is 14.6. The zero-order chi connectivity index (χ0) is 24.5. The lowest BCUT2D eigenvalue weighted by atomic mass is 9.99. The molecule has 0 amide bonds. The van der Waals surface area contributed by atoms with Crippen LogP contribution in [0.2, 0.25) is 5.02 Å². The van der Waals surface area contributed by atoms with Crippen LogP contribution in [0.3, 0.4) is 0 Å². The Morgan fingerprint density at radius 1 is 1.00 bits per heavy atom. The molecule has 0 heterocycles. The van der Waals surface area contributed by atoms with Crippen molar-refractivity contribution in [2.45, 2.75) is 70.6 Å². The lowest BCUT2D eigenvalue weighted by molar-refractivity contribution is 0.0778. The fraction of sp³-hybridized carbons (Fsp3) is 0.419. The number of hydrogen-bond acceptors (Lipinski definition) is 3. The maximum absolute atomic E-state index is 11.2. The summed E-state index contributed by atoms with van der Waals surface area (Å²) in [5, 5.41) is 11.8. The van der Waals surface area contributed by atoms with Gasteiger partial charge in [-0.15, -0.1) is 12.4 Å². The standard InChI is InChI=1S/C31H38ClNO2.ClH/c1-2-3-7-18-35-30-17-16-25-12-9-15-29(20-27(25)21-30)33(22-24-10-5-4-6-11-24)23-31(34)26-13-8-14-28(32)19-26;/h4-6,8,10-11,13-14,16-17,19,21,29,31,34H,2-3,7,9,12,15,18,20,22-23H2,1H3;1H/t29-,31-;/m0./s1. The van der Waals surface area contributed by atoms with Gasteiger partial charge in [-0.1, -0.05) is 79.9 Å². The van der Waals surface area contributed by atoms with Crippen LogP contribution >= 0.6 is 24.0 Å². The highest BCUT2D eigenvalue weighted by Crippen LogP contribution is 2.30. The molecule has 0 radical (unpaired) electrons. The Bertz CT molecular complexity index is 1060. The molecule has 3 nitrogen and oxygen atoms in total. The Hall–Kier alpha value is -2.04. The first-order chi connectivity index (χ1) is 17.1. The summed E-state index contributed by atoms with van der Waals surface area (Å²) < 4.78 is 6.07. The smallest absolute Gasteiger partial charge is 0.119 e. The number of nitrogens with zero attached hydrogens (tertiary/aromatic N) is 1. The number of rotatable bonds is 11. The van der Waals surface area contributed by atoms with Gasteiger partial charge in [0.1, 0.15) is 5.75 Å². The number of halogens is 2. The van der Waals surface area contributed by atoms with E-state index < -0.39 is 6.10 Å². The van der Waals surface area contributed by atoms with Crippen molar-refractivity contribution in [1.82, 2.24) is 4.90 Å². The average Bonchev–Trinajstić information content (AvgIpc) is 3.09. The van der Waals surface area contributed by atoms with Crippen LogP contribution < -0.4 is 4.74 Å². The molecule has 3 aromatic carbocycles. The van der Waals surface area contributed by atoms with Gasteiger partial charge in [0.2, 0.25) is 0 Å². The Morgan fingerprint density at radius 2 is 1.83 bits per heavy atom. The minimum atomic E-state index is -0.589. The number of aliphatic hydroxyl groups is 1. The molecule has 0 fully saturated rings. The highest BCUT2D eigenvalue weighted by molar-refractivity contribution is 6.30. The maximum atomic E-state index is 11.2. The van der Waals surface area contributed by atoms with Crippen molar-refractivity contribution < 1.29 is 9.84 Å². The van der Waals surface area contributed by atoms with Crippen molar-refractivity contribution >= 4 is 24.0 Å². The molecular weight excluding hydrogens is 489 g/mol. The number of ether oxygens (including phenoxy) is 1.